The maximum absolute atomic E-state index is 6.08. The number of hydrogen-bond donors (Lipinski definition) is 0. The molecule has 1 atom stereocenters. The van der Waals surface area contributed by atoms with Crippen LogP contribution in [0.15, 0.2) is 30.3 Å². The maximum atomic E-state index is 6.08. The largest absolute Gasteiger partial charge is 0.320 e. The van der Waals surface area contributed by atoms with Crippen LogP contribution in [0.5, 0.6) is 0 Å². The van der Waals surface area contributed by atoms with Crippen molar-refractivity contribution in [3.63, 3.8) is 0 Å². The maximum Gasteiger partial charge on any atom is 0.111 e. The van der Waals surface area contributed by atoms with Crippen molar-refractivity contribution in [1.82, 2.24) is 9.55 Å². The van der Waals surface area contributed by atoms with Gasteiger partial charge < -0.3 is 4.57 Å². The Morgan fingerprint density at radius 1 is 1.29 bits per heavy atom. The Kier molecular flexibility index (Phi) is 4.25. The number of hydrogen-bond acceptors (Lipinski definition) is 2. The van der Waals surface area contributed by atoms with E-state index in [4.69, 9.17) is 28.2 Å². The molecule has 1 aromatic carbocycles. The summed E-state index contributed by atoms with van der Waals surface area (Å²) in [5.74, 6) is 1.58. The summed E-state index contributed by atoms with van der Waals surface area (Å²) in [5.41, 5.74) is 2.04. The number of rotatable bonds is 4. The molecule has 2 nitrogen and oxygen atoms in total. The Labute approximate surface area is 138 Å². The second kappa shape index (κ2) is 5.99. The number of halogens is 2. The molecule has 2 heterocycles. The zero-order valence-electron chi connectivity index (χ0n) is 11.9. The van der Waals surface area contributed by atoms with Crippen LogP contribution in [0.25, 0.3) is 11.0 Å². The highest BCUT2D eigenvalue weighted by atomic mass is 35.5. The first-order valence-electron chi connectivity index (χ1n) is 6.89. The van der Waals surface area contributed by atoms with Gasteiger partial charge in [0.2, 0.25) is 0 Å². The van der Waals surface area contributed by atoms with Crippen molar-refractivity contribution in [1.29, 1.82) is 0 Å². The zero-order chi connectivity index (χ0) is 15.0. The molecule has 0 aliphatic rings. The summed E-state index contributed by atoms with van der Waals surface area (Å²) in [5, 5.41) is 0.712. The fourth-order valence-electron chi connectivity index (χ4n) is 2.62. The topological polar surface area (TPSA) is 17.8 Å². The highest BCUT2D eigenvalue weighted by Crippen LogP contribution is 2.31. The Morgan fingerprint density at radius 2 is 2.10 bits per heavy atom. The quantitative estimate of drug-likeness (QED) is 0.578. The minimum absolute atomic E-state index is 0.244. The first kappa shape index (κ1) is 14.9. The molecule has 5 heteroatoms. The minimum Gasteiger partial charge on any atom is -0.320 e. The van der Waals surface area contributed by atoms with Gasteiger partial charge in [-0.1, -0.05) is 11.6 Å². The summed E-state index contributed by atoms with van der Waals surface area (Å²) in [7, 11) is 0. The number of nitrogens with zero attached hydrogens (tertiary/aromatic N) is 2. The predicted octanol–water partition coefficient (Wildman–Crippen LogP) is 5.45. The first-order chi connectivity index (χ1) is 10.1. The molecule has 110 valence electrons. The molecule has 3 aromatic rings. The van der Waals surface area contributed by atoms with Gasteiger partial charge in [-0.25, -0.2) is 4.98 Å². The van der Waals surface area contributed by atoms with E-state index in [1.165, 1.54) is 9.75 Å². The normalized spacial score (nSPS) is 13.0. The smallest absolute Gasteiger partial charge is 0.111 e. The highest BCUT2D eigenvalue weighted by molar-refractivity contribution is 7.12. The molecule has 0 amide bonds. The number of fused-ring (bicyclic) bond motifs is 1. The van der Waals surface area contributed by atoms with E-state index < -0.39 is 0 Å². The van der Waals surface area contributed by atoms with Crippen LogP contribution in [-0.4, -0.2) is 15.4 Å². The zero-order valence-corrected chi connectivity index (χ0v) is 14.3. The molecular formula is C16H16Cl2N2S. The van der Waals surface area contributed by atoms with Crippen molar-refractivity contribution in [2.75, 3.05) is 5.88 Å². The summed E-state index contributed by atoms with van der Waals surface area (Å²) >= 11 is 13.9. The third-order valence-corrected chi connectivity index (χ3v) is 5.20. The van der Waals surface area contributed by atoms with Gasteiger partial charge in [-0.2, -0.15) is 0 Å². The molecule has 0 aliphatic carbocycles. The molecule has 2 aromatic heterocycles. The van der Waals surface area contributed by atoms with Gasteiger partial charge in [-0.05, 0) is 44.2 Å². The molecule has 0 aliphatic heterocycles. The first-order valence-corrected chi connectivity index (χ1v) is 8.61. The van der Waals surface area contributed by atoms with E-state index in [1.54, 1.807) is 0 Å². The average molecular weight is 339 g/mol. The van der Waals surface area contributed by atoms with Crippen LogP contribution in [0.1, 0.15) is 28.5 Å². The monoisotopic (exact) mass is 338 g/mol. The van der Waals surface area contributed by atoms with Crippen LogP contribution in [0.4, 0.5) is 0 Å². The molecule has 0 spiro atoms. The van der Waals surface area contributed by atoms with Crippen molar-refractivity contribution in [2.45, 2.75) is 26.3 Å². The lowest BCUT2D eigenvalue weighted by atomic mass is 10.2. The summed E-state index contributed by atoms with van der Waals surface area (Å²) in [6, 6.07) is 10.5. The van der Waals surface area contributed by atoms with Gasteiger partial charge in [0.05, 0.1) is 17.1 Å². The SMILES string of the molecule is Cc1ccc(C(C)n2c(CCCl)nc3cc(Cl)ccc32)s1. The molecule has 0 saturated carbocycles. The number of aryl methyl sites for hydroxylation is 2. The molecule has 1 unspecified atom stereocenters. The standard InChI is InChI=1S/C16H16Cl2N2S/c1-10-3-6-15(21-10)11(2)20-14-5-4-12(18)9-13(14)19-16(20)7-8-17/h3-6,9,11H,7-8H2,1-2H3. The minimum atomic E-state index is 0.244. The van der Waals surface area contributed by atoms with E-state index in [0.29, 0.717) is 10.9 Å². The van der Waals surface area contributed by atoms with Crippen molar-refractivity contribution >= 4 is 45.6 Å². The highest BCUT2D eigenvalue weighted by Gasteiger charge is 2.18. The van der Waals surface area contributed by atoms with Crippen molar-refractivity contribution < 1.29 is 0 Å². The lowest BCUT2D eigenvalue weighted by molar-refractivity contribution is 0.633. The van der Waals surface area contributed by atoms with Gasteiger partial charge in [0.25, 0.3) is 0 Å². The lowest BCUT2D eigenvalue weighted by Gasteiger charge is -2.16. The summed E-state index contributed by atoms with van der Waals surface area (Å²) < 4.78 is 2.28. The van der Waals surface area contributed by atoms with Gasteiger partial charge >= 0.3 is 0 Å². The molecule has 21 heavy (non-hydrogen) atoms. The fraction of sp³-hybridized carbons (Fsp3) is 0.312. The summed E-state index contributed by atoms with van der Waals surface area (Å²) in [6.07, 6.45) is 0.753. The van der Waals surface area contributed by atoms with Gasteiger partial charge in [0.1, 0.15) is 5.82 Å². The van der Waals surface area contributed by atoms with E-state index in [-0.39, 0.29) is 6.04 Å². The Hall–Kier alpha value is -1.03. The summed E-state index contributed by atoms with van der Waals surface area (Å²) in [6.45, 7) is 4.34. The van der Waals surface area contributed by atoms with Crippen LogP contribution in [0, 0.1) is 6.92 Å². The molecular weight excluding hydrogens is 323 g/mol. The van der Waals surface area contributed by atoms with Crippen molar-refractivity contribution in [3.05, 3.63) is 50.9 Å². The molecule has 3 rings (SSSR count). The Morgan fingerprint density at radius 3 is 2.76 bits per heavy atom. The van der Waals surface area contributed by atoms with Gasteiger partial charge in [-0.15, -0.1) is 22.9 Å². The van der Waals surface area contributed by atoms with Crippen molar-refractivity contribution in [3.8, 4) is 0 Å². The van der Waals surface area contributed by atoms with Crippen LogP contribution < -0.4 is 0 Å². The van der Waals surface area contributed by atoms with Crippen LogP contribution in [0.3, 0.4) is 0 Å². The molecule has 0 fully saturated rings. The predicted molar refractivity (Wildman–Crippen MR) is 92.0 cm³/mol. The Bertz CT molecular complexity index is 776. The van der Waals surface area contributed by atoms with Crippen LogP contribution >= 0.6 is 34.5 Å². The van der Waals surface area contributed by atoms with Crippen LogP contribution in [-0.2, 0) is 6.42 Å². The number of aromatic nitrogens is 2. The summed E-state index contributed by atoms with van der Waals surface area (Å²) in [4.78, 5) is 7.37. The number of alkyl halides is 1. The third-order valence-electron chi connectivity index (χ3n) is 3.60. The van der Waals surface area contributed by atoms with Crippen LogP contribution in [0.2, 0.25) is 5.02 Å². The van der Waals surface area contributed by atoms with E-state index in [1.807, 2.05) is 29.5 Å². The number of thiophene rings is 1. The Balaban J connectivity index is 2.16. The van der Waals surface area contributed by atoms with Gasteiger partial charge in [0.15, 0.2) is 0 Å². The third kappa shape index (κ3) is 2.83. The average Bonchev–Trinajstić information content (AvgIpc) is 3.01. The number of benzene rings is 1. The molecule has 0 bridgehead atoms. The molecule has 0 radical (unpaired) electrons. The number of imidazole rings is 1. The van der Waals surface area contributed by atoms with E-state index in [2.05, 4.69) is 30.5 Å². The lowest BCUT2D eigenvalue weighted by Crippen LogP contribution is -2.10. The van der Waals surface area contributed by atoms with E-state index in [9.17, 15) is 0 Å². The van der Waals surface area contributed by atoms with Gasteiger partial charge in [-0.3, -0.25) is 0 Å². The second-order valence-corrected chi connectivity index (χ2v) is 7.23. The molecule has 0 saturated heterocycles. The second-order valence-electron chi connectivity index (χ2n) is 5.09. The molecule has 0 N–H and O–H groups in total. The van der Waals surface area contributed by atoms with Gasteiger partial charge in [0, 0.05) is 27.1 Å². The van der Waals surface area contributed by atoms with Crippen molar-refractivity contribution in [2.24, 2.45) is 0 Å². The fourth-order valence-corrected chi connectivity index (χ4v) is 3.88. The van der Waals surface area contributed by atoms with E-state index >= 15 is 0 Å². The van der Waals surface area contributed by atoms with E-state index in [0.717, 1.165) is 23.3 Å².